The third kappa shape index (κ3) is 3.90. The Kier molecular flexibility index (Phi) is 5.03. The lowest BCUT2D eigenvalue weighted by atomic mass is 10.0. The van der Waals surface area contributed by atoms with E-state index in [0.717, 1.165) is 61.7 Å². The highest BCUT2D eigenvalue weighted by Crippen LogP contribution is 2.29. The van der Waals surface area contributed by atoms with Gasteiger partial charge in [0.2, 0.25) is 0 Å². The Bertz CT molecular complexity index is 1540. The molecule has 2 aliphatic heterocycles. The Hall–Kier alpha value is -3.85. The first-order valence-electron chi connectivity index (χ1n) is 10.1. The average Bonchev–Trinajstić information content (AvgIpc) is 3.54. The monoisotopic (exact) mass is 428 g/mol. The molecule has 6 rings (SSSR count). The molecule has 0 saturated carbocycles. The zero-order chi connectivity index (χ0) is 20.8. The molecule has 0 atom stereocenters. The van der Waals surface area contributed by atoms with Crippen LogP contribution >= 0.6 is 0 Å². The van der Waals surface area contributed by atoms with Crippen molar-refractivity contribution in [2.24, 2.45) is 0 Å². The molecule has 4 N–H and O–H groups in total. The molecular weight excluding hydrogens is 409 g/mol. The highest BCUT2D eigenvalue weighted by Gasteiger charge is 2.12. The number of hydrogen-bond acceptors (Lipinski definition) is 3. The predicted octanol–water partition coefficient (Wildman–Crippen LogP) is 5.28. The van der Waals surface area contributed by atoms with Crippen molar-refractivity contribution in [3.8, 4) is 0 Å². The third-order valence-electron chi connectivity index (χ3n) is 5.39. The van der Waals surface area contributed by atoms with Gasteiger partial charge in [0.05, 0.1) is 22.8 Å². The number of nitrogen functional groups attached to an aromatic ring is 1. The summed E-state index contributed by atoms with van der Waals surface area (Å²) >= 11 is 0. The second-order valence-electron chi connectivity index (χ2n) is 7.71. The van der Waals surface area contributed by atoms with Gasteiger partial charge in [0.25, 0.3) is 0 Å². The molecule has 3 radical (unpaired) electrons. The number of nitrogens with two attached hydrogens (primary N) is 1. The van der Waals surface area contributed by atoms with Gasteiger partial charge in [0, 0.05) is 50.7 Å². The van der Waals surface area contributed by atoms with Gasteiger partial charge in [-0.05, 0) is 84.5 Å². The number of fused-ring (bicyclic) bond motifs is 8. The second-order valence-corrected chi connectivity index (χ2v) is 7.71. The van der Waals surface area contributed by atoms with Crippen molar-refractivity contribution >= 4 is 68.9 Å². The van der Waals surface area contributed by atoms with E-state index in [9.17, 15) is 0 Å². The molecule has 6 heteroatoms. The quantitative estimate of drug-likeness (QED) is 0.246. The van der Waals surface area contributed by atoms with E-state index < -0.39 is 0 Å². The van der Waals surface area contributed by atoms with Gasteiger partial charge in [-0.1, -0.05) is 12.1 Å². The van der Waals surface area contributed by atoms with E-state index in [1.807, 2.05) is 48.6 Å². The van der Waals surface area contributed by atoms with Crippen molar-refractivity contribution in [2.45, 2.75) is 0 Å². The van der Waals surface area contributed by atoms with Crippen LogP contribution < -0.4 is 5.73 Å². The number of nitrogens with one attached hydrogen (secondary N) is 2. The molecule has 2 aliphatic rings. The standard InChI is InChI=1S/C26H19N5.Al/c27-17-3-1-16(2-4-17)25-14-24-13-22-8-7-20(29-22)11-18-5-6-19(28-18)12-21-9-10-23(30-21)15-26(25)31-24;/h1-15,29-30H,27H2;. The van der Waals surface area contributed by atoms with Crippen LogP contribution in [0.25, 0.3) is 45.9 Å². The van der Waals surface area contributed by atoms with Crippen molar-refractivity contribution in [1.82, 2.24) is 19.9 Å². The number of nitrogens with zero attached hydrogens (tertiary/aromatic N) is 2. The smallest absolute Gasteiger partial charge is 0.0736 e. The molecule has 0 amide bonds. The van der Waals surface area contributed by atoms with E-state index in [0.29, 0.717) is 0 Å². The van der Waals surface area contributed by atoms with Gasteiger partial charge in [0.1, 0.15) is 0 Å². The van der Waals surface area contributed by atoms with E-state index in [1.165, 1.54) is 0 Å². The van der Waals surface area contributed by atoms with Crippen molar-refractivity contribution in [1.29, 1.82) is 0 Å². The van der Waals surface area contributed by atoms with Gasteiger partial charge in [-0.15, -0.1) is 0 Å². The van der Waals surface area contributed by atoms with Gasteiger partial charge in [-0.2, -0.15) is 0 Å². The Balaban J connectivity index is 0.00000216. The Labute approximate surface area is 195 Å². The number of rotatable bonds is 1. The van der Waals surface area contributed by atoms with Gasteiger partial charge in [0.15, 0.2) is 0 Å². The minimum Gasteiger partial charge on any atom is -0.399 e. The average molecular weight is 428 g/mol. The maximum Gasteiger partial charge on any atom is 0.0736 e. The first-order chi connectivity index (χ1) is 15.2. The summed E-state index contributed by atoms with van der Waals surface area (Å²) in [5.41, 5.74) is 16.4. The highest BCUT2D eigenvalue weighted by molar-refractivity contribution is 5.93. The molecule has 5 heterocycles. The lowest BCUT2D eigenvalue weighted by Crippen LogP contribution is -1.88. The summed E-state index contributed by atoms with van der Waals surface area (Å²) in [7, 11) is 0. The predicted molar refractivity (Wildman–Crippen MR) is 134 cm³/mol. The molecule has 8 bridgehead atoms. The number of hydrogen-bond donors (Lipinski definition) is 3. The minimum absolute atomic E-state index is 0. The zero-order valence-corrected chi connectivity index (χ0v) is 18.4. The van der Waals surface area contributed by atoms with Crippen LogP contribution in [0.2, 0.25) is 0 Å². The Morgan fingerprint density at radius 3 is 1.72 bits per heavy atom. The van der Waals surface area contributed by atoms with Crippen LogP contribution in [0.4, 0.5) is 5.69 Å². The van der Waals surface area contributed by atoms with Gasteiger partial charge >= 0.3 is 0 Å². The molecule has 5 nitrogen and oxygen atoms in total. The molecular formula is C26H19AlN5. The molecule has 3 aromatic heterocycles. The fraction of sp³-hybridized carbons (Fsp3) is 0. The molecule has 1 aromatic carbocycles. The Morgan fingerprint density at radius 1 is 0.594 bits per heavy atom. The molecule has 32 heavy (non-hydrogen) atoms. The molecule has 151 valence electrons. The maximum atomic E-state index is 5.89. The largest absolute Gasteiger partial charge is 0.399 e. The summed E-state index contributed by atoms with van der Waals surface area (Å²) in [6.45, 7) is 0. The third-order valence-corrected chi connectivity index (χ3v) is 5.39. The van der Waals surface area contributed by atoms with Crippen LogP contribution in [0.5, 0.6) is 0 Å². The first-order valence-corrected chi connectivity index (χ1v) is 10.1. The second kappa shape index (κ2) is 8.01. The summed E-state index contributed by atoms with van der Waals surface area (Å²) in [6, 6.07) is 24.3. The summed E-state index contributed by atoms with van der Waals surface area (Å²) in [4.78, 5) is 16.5. The normalized spacial score (nSPS) is 12.3. The number of H-pyrrole nitrogens is 2. The molecule has 0 unspecified atom stereocenters. The topological polar surface area (TPSA) is 83.4 Å². The van der Waals surface area contributed by atoms with Crippen LogP contribution in [-0.4, -0.2) is 37.3 Å². The van der Waals surface area contributed by atoms with Crippen molar-refractivity contribution in [3.63, 3.8) is 0 Å². The van der Waals surface area contributed by atoms with Gasteiger partial charge in [-0.25, -0.2) is 9.97 Å². The molecule has 0 aliphatic carbocycles. The van der Waals surface area contributed by atoms with Crippen LogP contribution in [0.3, 0.4) is 0 Å². The summed E-state index contributed by atoms with van der Waals surface area (Å²) in [5.74, 6) is 0. The fourth-order valence-electron chi connectivity index (χ4n) is 3.91. The van der Waals surface area contributed by atoms with E-state index in [2.05, 4.69) is 57.4 Å². The van der Waals surface area contributed by atoms with Crippen LogP contribution in [0, 0.1) is 0 Å². The molecule has 0 spiro atoms. The lowest BCUT2D eigenvalue weighted by molar-refractivity contribution is 1.30. The fourth-order valence-corrected chi connectivity index (χ4v) is 3.91. The lowest BCUT2D eigenvalue weighted by Gasteiger charge is -2.02. The van der Waals surface area contributed by atoms with Crippen LogP contribution in [-0.2, 0) is 0 Å². The van der Waals surface area contributed by atoms with Crippen LogP contribution in [0.15, 0.2) is 72.8 Å². The summed E-state index contributed by atoms with van der Waals surface area (Å²) in [5, 5.41) is 0. The van der Waals surface area contributed by atoms with Gasteiger partial charge < -0.3 is 15.7 Å². The molecule has 0 saturated heterocycles. The van der Waals surface area contributed by atoms with Crippen molar-refractivity contribution in [3.05, 3.63) is 101 Å². The van der Waals surface area contributed by atoms with E-state index in [1.54, 1.807) is 0 Å². The SMILES string of the molecule is Nc1ccc(C2=Cc3cc4ccc(cc5nc(cc6ccc(cc2n3)[nH]6)C=C5)[nH]4)cc1.[Al]. The zero-order valence-electron chi connectivity index (χ0n) is 17.2. The Morgan fingerprint density at radius 2 is 1.12 bits per heavy atom. The number of anilines is 1. The van der Waals surface area contributed by atoms with Crippen molar-refractivity contribution < 1.29 is 0 Å². The minimum atomic E-state index is 0. The van der Waals surface area contributed by atoms with E-state index >= 15 is 0 Å². The summed E-state index contributed by atoms with van der Waals surface area (Å²) in [6.07, 6.45) is 6.15. The molecule has 4 aromatic rings. The number of aromatic nitrogens is 4. The maximum absolute atomic E-state index is 5.89. The van der Waals surface area contributed by atoms with E-state index in [-0.39, 0.29) is 17.4 Å². The number of aromatic amines is 2. The number of benzene rings is 1. The molecule has 0 fully saturated rings. The first kappa shape index (κ1) is 20.1. The highest BCUT2D eigenvalue weighted by atomic mass is 27.0. The van der Waals surface area contributed by atoms with Crippen LogP contribution in [0.1, 0.15) is 28.3 Å². The van der Waals surface area contributed by atoms with Crippen molar-refractivity contribution in [2.75, 3.05) is 5.73 Å². The van der Waals surface area contributed by atoms with Gasteiger partial charge in [-0.3, -0.25) is 0 Å². The van der Waals surface area contributed by atoms with E-state index in [4.69, 9.17) is 10.7 Å². The summed E-state index contributed by atoms with van der Waals surface area (Å²) < 4.78 is 0.